The van der Waals surface area contributed by atoms with Crippen LogP contribution in [0.4, 0.5) is 0 Å². The van der Waals surface area contributed by atoms with E-state index in [0.29, 0.717) is 4.90 Å². The zero-order chi connectivity index (χ0) is 8.43. The van der Waals surface area contributed by atoms with Gasteiger partial charge in [0.25, 0.3) is 0 Å². The largest absolute Gasteiger partial charge is 1.00 e. The summed E-state index contributed by atoms with van der Waals surface area (Å²) in [5.41, 5.74) is -0.109. The van der Waals surface area contributed by atoms with E-state index >= 15 is 0 Å². The molecule has 1 aromatic carbocycles. The van der Waals surface area contributed by atoms with E-state index < -0.39 is 5.97 Å². The topological polar surface area (TPSA) is 57.5 Å². The molecule has 0 aliphatic rings. The molecule has 0 aromatic heterocycles. The third-order valence-corrected chi connectivity index (χ3v) is 1.49. The van der Waals surface area contributed by atoms with Gasteiger partial charge in [-0.25, -0.2) is 4.79 Å². The monoisotopic (exact) mass is 218 g/mol. The Kier molecular flexibility index (Phi) is 8.98. The number of carboxylic acid groups (broad SMARTS) is 1. The predicted molar refractivity (Wildman–Crippen MR) is 44.5 cm³/mol. The van der Waals surface area contributed by atoms with Crippen molar-refractivity contribution in [2.75, 3.05) is 0 Å². The summed E-state index contributed by atoms with van der Waals surface area (Å²) >= 11 is 3.92. The average molecular weight is 218 g/mol. The fourth-order valence-corrected chi connectivity index (χ4v) is 0.898. The van der Waals surface area contributed by atoms with Crippen LogP contribution < -0.4 is 59.1 Å². The second kappa shape index (κ2) is 7.17. The normalized spacial score (nSPS) is 8.08. The van der Waals surface area contributed by atoms with E-state index in [1.165, 1.54) is 18.2 Å². The van der Waals surface area contributed by atoms with E-state index in [-0.39, 0.29) is 73.3 Å². The van der Waals surface area contributed by atoms with Gasteiger partial charge in [0.15, 0.2) is 0 Å². The van der Waals surface area contributed by atoms with Gasteiger partial charge in [-0.05, 0) is 18.2 Å². The summed E-state index contributed by atoms with van der Waals surface area (Å²) in [7, 11) is 0. The van der Waals surface area contributed by atoms with Crippen LogP contribution in [-0.4, -0.2) is 16.2 Å². The molecule has 0 fully saturated rings. The van der Waals surface area contributed by atoms with Gasteiger partial charge < -0.3 is 13.1 Å². The minimum atomic E-state index is -1.14. The van der Waals surface area contributed by atoms with Gasteiger partial charge in [-0.3, -0.25) is 0 Å². The predicted octanol–water partition coefficient (Wildman–Crippen LogP) is -4.39. The number of carboxylic acids is 1. The van der Waals surface area contributed by atoms with Crippen LogP contribution in [0.1, 0.15) is 13.2 Å². The van der Waals surface area contributed by atoms with Crippen molar-refractivity contribution in [1.82, 2.24) is 0 Å². The van der Waals surface area contributed by atoms with Crippen molar-refractivity contribution in [1.29, 1.82) is 0 Å². The van der Waals surface area contributed by atoms with Crippen LogP contribution in [0, 0.1) is 0 Å². The number of benzene rings is 1. The maximum Gasteiger partial charge on any atom is 1.00 e. The molecule has 1 aromatic rings. The summed E-state index contributed by atoms with van der Waals surface area (Å²) in [5.74, 6) is -1.40. The van der Waals surface area contributed by atoms with Crippen molar-refractivity contribution < 1.29 is 77.0 Å². The molecule has 0 spiro atoms. The molecule has 1 rings (SSSR count). The summed E-state index contributed by atoms with van der Waals surface area (Å²) in [5, 5.41) is 17.5. The van der Waals surface area contributed by atoms with Crippen molar-refractivity contribution in [3.63, 3.8) is 0 Å². The van der Waals surface area contributed by atoms with E-state index in [9.17, 15) is 4.79 Å². The molecule has 0 radical (unpaired) electrons. The number of hydrogen-bond acceptors (Lipinski definition) is 3. The van der Waals surface area contributed by atoms with E-state index in [1.54, 1.807) is 0 Å². The first kappa shape index (κ1) is 16.3. The fraction of sp³-hybridized carbons (Fsp3) is 0. The number of carbonyl (C=O) groups is 1. The van der Waals surface area contributed by atoms with Crippen LogP contribution in [0.25, 0.3) is 0 Å². The Morgan fingerprint density at radius 1 is 1.38 bits per heavy atom. The maximum absolute atomic E-state index is 10.3. The van der Waals surface area contributed by atoms with E-state index in [0.717, 1.165) is 0 Å². The van der Waals surface area contributed by atoms with Gasteiger partial charge in [0.2, 0.25) is 0 Å². The zero-order valence-corrected chi connectivity index (χ0v) is 12.4. The summed E-state index contributed by atoms with van der Waals surface area (Å²) in [6.45, 7) is 0. The van der Waals surface area contributed by atoms with Crippen molar-refractivity contribution in [2.24, 2.45) is 0 Å². The number of thiol groups is 1. The molecule has 0 bridgehead atoms. The summed E-state index contributed by atoms with van der Waals surface area (Å²) in [4.78, 5) is 10.9. The number of rotatable bonds is 1. The summed E-state index contributed by atoms with van der Waals surface area (Å²) in [6.07, 6.45) is 0. The first-order valence-electron chi connectivity index (χ1n) is 2.86. The van der Waals surface area contributed by atoms with Gasteiger partial charge in [0.05, 0.1) is 0 Å². The molecule has 0 saturated heterocycles. The smallest absolute Gasteiger partial charge is 1.00 e. The molecule has 0 heterocycles. The molecule has 0 saturated carbocycles. The molecule has 13 heavy (non-hydrogen) atoms. The van der Waals surface area contributed by atoms with Gasteiger partial charge in [0.1, 0.15) is 11.3 Å². The Morgan fingerprint density at radius 3 is 2.31 bits per heavy atom. The number of hydrogen-bond donors (Lipinski definition) is 3. The van der Waals surface area contributed by atoms with Gasteiger partial charge in [0, 0.05) is 4.90 Å². The van der Waals surface area contributed by atoms with Crippen LogP contribution in [0.2, 0.25) is 0 Å². The number of phenols is 1. The molecule has 0 aliphatic carbocycles. The second-order valence-electron chi connectivity index (χ2n) is 2.01. The minimum absolute atomic E-state index is 0. The van der Waals surface area contributed by atoms with Gasteiger partial charge in [-0.1, -0.05) is 0 Å². The molecule has 2 N–H and O–H groups in total. The molecule has 62 valence electrons. The zero-order valence-electron chi connectivity index (χ0n) is 9.48. The van der Waals surface area contributed by atoms with E-state index in [1.807, 2.05) is 0 Å². The molecule has 3 nitrogen and oxygen atoms in total. The number of aromatic hydroxyl groups is 1. The van der Waals surface area contributed by atoms with Crippen molar-refractivity contribution in [2.45, 2.75) is 4.90 Å². The Bertz CT molecular complexity index is 312. The first-order chi connectivity index (χ1) is 5.11. The second-order valence-corrected chi connectivity index (χ2v) is 2.52. The molecule has 0 unspecified atom stereocenters. The van der Waals surface area contributed by atoms with Crippen molar-refractivity contribution in [3.05, 3.63) is 23.8 Å². The first-order valence-corrected chi connectivity index (χ1v) is 3.31. The molecule has 6 heteroatoms. The quantitative estimate of drug-likeness (QED) is 0.329. The van der Waals surface area contributed by atoms with Crippen molar-refractivity contribution >= 4 is 18.6 Å². The van der Waals surface area contributed by atoms with Crippen LogP contribution >= 0.6 is 12.6 Å². The standard InChI is InChI=1S/C7H6O3S.2Na.2H/c8-6-3-4(11)1-2-5(6)7(9)10;;;;/h1-3,8,11H,(H,9,10);;;;/q;2*+1;2*-1. The average Bonchev–Trinajstić information content (AvgIpc) is 1.85. The maximum atomic E-state index is 10.3. The fourth-order valence-electron chi connectivity index (χ4n) is 0.701. The molecular weight excluding hydrogens is 210 g/mol. The summed E-state index contributed by atoms with van der Waals surface area (Å²) < 4.78 is 0. The SMILES string of the molecule is O=C(O)c1ccc(S)cc1O.[H-].[H-].[Na+].[Na+]. The Balaban J connectivity index is -0.000000151. The third kappa shape index (κ3) is 4.74. The Hall–Kier alpha value is 0.840. The molecular formula is C7H8Na2O3S. The third-order valence-electron chi connectivity index (χ3n) is 1.21. The molecule has 0 amide bonds. The van der Waals surface area contributed by atoms with Crippen molar-refractivity contribution in [3.8, 4) is 5.75 Å². The van der Waals surface area contributed by atoms with E-state index in [4.69, 9.17) is 10.2 Å². The van der Waals surface area contributed by atoms with E-state index in [2.05, 4.69) is 12.6 Å². The molecule has 0 aliphatic heterocycles. The van der Waals surface area contributed by atoms with Crippen LogP contribution in [0.5, 0.6) is 5.75 Å². The van der Waals surface area contributed by atoms with Crippen LogP contribution in [0.15, 0.2) is 23.1 Å². The molecule has 0 atom stereocenters. The Labute approximate surface area is 128 Å². The van der Waals surface area contributed by atoms with Gasteiger partial charge in [-0.2, -0.15) is 0 Å². The van der Waals surface area contributed by atoms with Gasteiger partial charge >= 0.3 is 65.1 Å². The van der Waals surface area contributed by atoms with Crippen LogP contribution in [-0.2, 0) is 0 Å². The Morgan fingerprint density at radius 2 is 1.92 bits per heavy atom. The number of aromatic carboxylic acids is 1. The minimum Gasteiger partial charge on any atom is -1.00 e. The van der Waals surface area contributed by atoms with Crippen LogP contribution in [0.3, 0.4) is 0 Å². The van der Waals surface area contributed by atoms with Gasteiger partial charge in [-0.15, -0.1) is 12.6 Å². The summed E-state index contributed by atoms with van der Waals surface area (Å²) in [6, 6.07) is 4.10.